The number of amides is 1. The number of nitrogens with one attached hydrogen (secondary N) is 1. The van der Waals surface area contributed by atoms with E-state index in [0.29, 0.717) is 17.1 Å². The van der Waals surface area contributed by atoms with Crippen LogP contribution in [0.3, 0.4) is 0 Å². The lowest BCUT2D eigenvalue weighted by Gasteiger charge is -2.06. The van der Waals surface area contributed by atoms with Gasteiger partial charge >= 0.3 is 6.09 Å². The van der Waals surface area contributed by atoms with Gasteiger partial charge in [-0.1, -0.05) is 18.2 Å². The molecule has 2 rings (SSSR count). The number of para-hydroxylation sites is 1. The molecule has 0 spiro atoms. The number of anilines is 1. The number of ether oxygens (including phenoxy) is 1. The van der Waals surface area contributed by atoms with Crippen molar-refractivity contribution in [3.63, 3.8) is 0 Å². The van der Waals surface area contributed by atoms with E-state index in [0.717, 1.165) is 0 Å². The average molecular weight is 244 g/mol. The zero-order valence-electron chi connectivity index (χ0n) is 9.54. The van der Waals surface area contributed by atoms with Gasteiger partial charge in [0.05, 0.1) is 24.2 Å². The number of benzene rings is 1. The Balaban J connectivity index is 1.94. The molecule has 0 aliphatic heterocycles. The van der Waals surface area contributed by atoms with Crippen LogP contribution in [-0.2, 0) is 6.61 Å². The first kappa shape index (κ1) is 12.1. The zero-order valence-corrected chi connectivity index (χ0v) is 9.54. The van der Waals surface area contributed by atoms with Crippen LogP contribution < -0.4 is 10.1 Å². The number of nitrogens with zero attached hydrogens (tertiary/aromatic N) is 1. The van der Waals surface area contributed by atoms with Gasteiger partial charge in [-0.15, -0.1) is 0 Å². The molecule has 1 aromatic heterocycles. The lowest BCUT2D eigenvalue weighted by atomic mass is 10.3. The second-order valence-corrected chi connectivity index (χ2v) is 3.52. The van der Waals surface area contributed by atoms with Crippen molar-refractivity contribution < 1.29 is 14.6 Å². The van der Waals surface area contributed by atoms with Crippen LogP contribution in [0.1, 0.15) is 5.69 Å². The highest BCUT2D eigenvalue weighted by molar-refractivity contribution is 5.85. The van der Waals surface area contributed by atoms with Crippen LogP contribution in [0.5, 0.6) is 5.75 Å². The second kappa shape index (κ2) is 5.79. The maximum Gasteiger partial charge on any atom is 0.417 e. The number of pyridine rings is 1. The van der Waals surface area contributed by atoms with Gasteiger partial charge in [-0.2, -0.15) is 0 Å². The van der Waals surface area contributed by atoms with Crippen molar-refractivity contribution in [2.75, 3.05) is 5.32 Å². The molecule has 1 amide bonds. The first-order valence-electron chi connectivity index (χ1n) is 5.37. The van der Waals surface area contributed by atoms with Crippen molar-refractivity contribution in [1.29, 1.82) is 0 Å². The zero-order chi connectivity index (χ0) is 12.8. The van der Waals surface area contributed by atoms with Crippen LogP contribution in [0, 0.1) is 0 Å². The van der Waals surface area contributed by atoms with Gasteiger partial charge in [0, 0.05) is 0 Å². The molecule has 0 saturated heterocycles. The minimum absolute atomic E-state index is 0.130. The Hall–Kier alpha value is -2.40. The number of carbonyl (C=O) groups is 1. The summed E-state index contributed by atoms with van der Waals surface area (Å²) in [5.74, 6) is 0.468. The van der Waals surface area contributed by atoms with E-state index in [2.05, 4.69) is 10.3 Å². The molecule has 0 aliphatic rings. The van der Waals surface area contributed by atoms with Crippen molar-refractivity contribution in [2.45, 2.75) is 6.61 Å². The fraction of sp³-hybridized carbons (Fsp3) is 0.0769. The Morgan fingerprint density at radius 1 is 1.22 bits per heavy atom. The molecule has 2 aromatic rings. The summed E-state index contributed by atoms with van der Waals surface area (Å²) >= 11 is 0. The number of aliphatic hydroxyl groups excluding tert-OH is 1. The lowest BCUT2D eigenvalue weighted by Crippen LogP contribution is -2.16. The molecule has 0 saturated carbocycles. The number of aliphatic hydroxyl groups is 1. The summed E-state index contributed by atoms with van der Waals surface area (Å²) in [6.45, 7) is -0.130. The molecule has 2 N–H and O–H groups in total. The molecule has 0 atom stereocenters. The Bertz CT molecular complexity index is 512. The number of rotatable bonds is 3. The Morgan fingerprint density at radius 3 is 2.61 bits per heavy atom. The summed E-state index contributed by atoms with van der Waals surface area (Å²) in [6.07, 6.45) is 0.873. The minimum Gasteiger partial charge on any atom is -0.410 e. The van der Waals surface area contributed by atoms with Gasteiger partial charge in [-0.3, -0.25) is 10.3 Å². The molecule has 5 nitrogen and oxygen atoms in total. The highest BCUT2D eigenvalue weighted by Crippen LogP contribution is 2.11. The lowest BCUT2D eigenvalue weighted by molar-refractivity contribution is 0.215. The van der Waals surface area contributed by atoms with E-state index >= 15 is 0 Å². The number of aromatic nitrogens is 1. The molecule has 0 unspecified atom stereocenters. The quantitative estimate of drug-likeness (QED) is 0.868. The molecule has 0 radical (unpaired) electrons. The van der Waals surface area contributed by atoms with E-state index < -0.39 is 6.09 Å². The average Bonchev–Trinajstić information content (AvgIpc) is 2.40. The topological polar surface area (TPSA) is 71.5 Å². The van der Waals surface area contributed by atoms with Crippen LogP contribution in [0.15, 0.2) is 48.7 Å². The van der Waals surface area contributed by atoms with Crippen LogP contribution in [0.4, 0.5) is 10.5 Å². The minimum atomic E-state index is -0.584. The largest absolute Gasteiger partial charge is 0.417 e. The molecular weight excluding hydrogens is 232 g/mol. The standard InChI is InChI=1S/C13H12N2O3/c16-9-11-7-6-10(8-14-11)15-13(17)18-12-4-2-1-3-5-12/h1-8,16H,9H2,(H,15,17). The molecule has 18 heavy (non-hydrogen) atoms. The molecule has 5 heteroatoms. The SMILES string of the molecule is O=C(Nc1ccc(CO)nc1)Oc1ccccc1. The summed E-state index contributed by atoms with van der Waals surface area (Å²) < 4.78 is 5.05. The summed E-state index contributed by atoms with van der Waals surface area (Å²) in [6, 6.07) is 12.0. The predicted octanol–water partition coefficient (Wildman–Crippen LogP) is 2.18. The molecule has 0 fully saturated rings. The van der Waals surface area contributed by atoms with Gasteiger partial charge in [-0.05, 0) is 24.3 Å². The fourth-order valence-corrected chi connectivity index (χ4v) is 1.33. The van der Waals surface area contributed by atoms with Gasteiger partial charge in [0.25, 0.3) is 0 Å². The molecule has 0 bridgehead atoms. The summed E-state index contributed by atoms with van der Waals surface area (Å²) in [4.78, 5) is 15.5. The number of carbonyl (C=O) groups excluding carboxylic acids is 1. The molecule has 1 aromatic carbocycles. The van der Waals surface area contributed by atoms with Gasteiger partial charge in [-0.25, -0.2) is 4.79 Å². The maximum atomic E-state index is 11.5. The number of hydrogen-bond acceptors (Lipinski definition) is 4. The fourth-order valence-electron chi connectivity index (χ4n) is 1.33. The van der Waals surface area contributed by atoms with E-state index in [-0.39, 0.29) is 6.61 Å². The van der Waals surface area contributed by atoms with Gasteiger partial charge in [0.1, 0.15) is 5.75 Å². The maximum absolute atomic E-state index is 11.5. The first-order valence-corrected chi connectivity index (χ1v) is 5.37. The summed E-state index contributed by atoms with van der Waals surface area (Å²) in [5.41, 5.74) is 1.05. The summed E-state index contributed by atoms with van der Waals surface area (Å²) in [7, 11) is 0. The van der Waals surface area contributed by atoms with E-state index in [9.17, 15) is 4.79 Å². The molecule has 92 valence electrons. The number of hydrogen-bond donors (Lipinski definition) is 2. The van der Waals surface area contributed by atoms with Crippen molar-refractivity contribution in [3.05, 3.63) is 54.4 Å². The Kier molecular flexibility index (Phi) is 3.88. The molecular formula is C13H12N2O3. The van der Waals surface area contributed by atoms with Gasteiger partial charge in [0.15, 0.2) is 0 Å². The van der Waals surface area contributed by atoms with Gasteiger partial charge < -0.3 is 9.84 Å². The monoisotopic (exact) mass is 244 g/mol. The van der Waals surface area contributed by atoms with Gasteiger partial charge in [0.2, 0.25) is 0 Å². The van der Waals surface area contributed by atoms with E-state index in [1.54, 1.807) is 36.4 Å². The normalized spacial score (nSPS) is 9.83. The van der Waals surface area contributed by atoms with Crippen molar-refractivity contribution >= 4 is 11.8 Å². The molecule has 0 aliphatic carbocycles. The summed E-state index contributed by atoms with van der Waals surface area (Å²) in [5, 5.41) is 11.4. The van der Waals surface area contributed by atoms with E-state index in [1.165, 1.54) is 6.20 Å². The third kappa shape index (κ3) is 3.29. The van der Waals surface area contributed by atoms with Crippen molar-refractivity contribution in [2.24, 2.45) is 0 Å². The first-order chi connectivity index (χ1) is 8.78. The highest BCUT2D eigenvalue weighted by atomic mass is 16.6. The predicted molar refractivity (Wildman–Crippen MR) is 66.2 cm³/mol. The highest BCUT2D eigenvalue weighted by Gasteiger charge is 2.04. The van der Waals surface area contributed by atoms with Crippen LogP contribution in [0.2, 0.25) is 0 Å². The third-order valence-corrected chi connectivity index (χ3v) is 2.19. The van der Waals surface area contributed by atoms with Crippen LogP contribution >= 0.6 is 0 Å². The van der Waals surface area contributed by atoms with E-state index in [4.69, 9.17) is 9.84 Å². The smallest absolute Gasteiger partial charge is 0.410 e. The van der Waals surface area contributed by atoms with Crippen LogP contribution in [0.25, 0.3) is 0 Å². The van der Waals surface area contributed by atoms with Crippen LogP contribution in [-0.4, -0.2) is 16.2 Å². The van der Waals surface area contributed by atoms with E-state index in [1.807, 2.05) is 6.07 Å². The third-order valence-electron chi connectivity index (χ3n) is 2.19. The second-order valence-electron chi connectivity index (χ2n) is 3.52. The van der Waals surface area contributed by atoms with Crippen molar-refractivity contribution in [1.82, 2.24) is 4.98 Å². The Morgan fingerprint density at radius 2 is 2.00 bits per heavy atom. The van der Waals surface area contributed by atoms with Crippen molar-refractivity contribution in [3.8, 4) is 5.75 Å². The molecule has 1 heterocycles. The Labute approximate surface area is 104 Å².